The molecule has 28 heavy (non-hydrogen) atoms. The van der Waals surface area contributed by atoms with Crippen molar-refractivity contribution >= 4 is 16.7 Å². The molecular formula is C25H23NO2. The number of carbonyl (C=O) groups is 1. The van der Waals surface area contributed by atoms with Crippen LogP contribution in [0, 0.1) is 13.8 Å². The van der Waals surface area contributed by atoms with Gasteiger partial charge in [-0.05, 0) is 43.2 Å². The largest absolute Gasteiger partial charge is 0.492 e. The van der Waals surface area contributed by atoms with Crippen molar-refractivity contribution in [2.45, 2.75) is 20.4 Å². The smallest absolute Gasteiger partial charge is 0.195 e. The number of carbonyl (C=O) groups excluding carboxylic acids is 1. The van der Waals surface area contributed by atoms with E-state index in [-0.39, 0.29) is 5.78 Å². The Morgan fingerprint density at radius 2 is 1.64 bits per heavy atom. The van der Waals surface area contributed by atoms with Gasteiger partial charge in [-0.25, -0.2) is 0 Å². The van der Waals surface area contributed by atoms with Crippen LogP contribution in [0.4, 0.5) is 0 Å². The first kappa shape index (κ1) is 18.1. The predicted molar refractivity (Wildman–Crippen MR) is 113 cm³/mol. The fourth-order valence-electron chi connectivity index (χ4n) is 3.42. The van der Waals surface area contributed by atoms with Gasteiger partial charge in [0.25, 0.3) is 0 Å². The lowest BCUT2D eigenvalue weighted by atomic mass is 10.0. The van der Waals surface area contributed by atoms with Crippen LogP contribution in [0.3, 0.4) is 0 Å². The highest BCUT2D eigenvalue weighted by molar-refractivity contribution is 6.16. The summed E-state index contributed by atoms with van der Waals surface area (Å²) in [6, 6.07) is 23.6. The van der Waals surface area contributed by atoms with E-state index in [1.165, 1.54) is 11.1 Å². The Morgan fingerprint density at radius 1 is 0.893 bits per heavy atom. The Bertz CT molecular complexity index is 1130. The van der Waals surface area contributed by atoms with E-state index in [1.54, 1.807) is 0 Å². The fraction of sp³-hybridized carbons (Fsp3) is 0.160. The van der Waals surface area contributed by atoms with E-state index < -0.39 is 0 Å². The molecule has 0 saturated carbocycles. The number of benzene rings is 3. The molecule has 4 rings (SSSR count). The number of fused-ring (bicyclic) bond motifs is 1. The normalized spacial score (nSPS) is 10.9. The number of nitrogens with zero attached hydrogens (tertiary/aromatic N) is 1. The molecule has 4 aromatic rings. The molecule has 3 nitrogen and oxygen atoms in total. The van der Waals surface area contributed by atoms with Gasteiger partial charge in [0.15, 0.2) is 5.78 Å². The molecule has 0 saturated heterocycles. The third-order valence-corrected chi connectivity index (χ3v) is 5.15. The van der Waals surface area contributed by atoms with Crippen LogP contribution in [0.5, 0.6) is 5.75 Å². The monoisotopic (exact) mass is 369 g/mol. The van der Waals surface area contributed by atoms with Gasteiger partial charge in [-0.1, -0.05) is 54.6 Å². The minimum absolute atomic E-state index is 0.0469. The van der Waals surface area contributed by atoms with Gasteiger partial charge in [0.05, 0.1) is 6.54 Å². The molecule has 0 aliphatic heterocycles. The van der Waals surface area contributed by atoms with Gasteiger partial charge in [0.1, 0.15) is 12.4 Å². The second-order valence-corrected chi connectivity index (χ2v) is 7.04. The van der Waals surface area contributed by atoms with Crippen LogP contribution in [0.25, 0.3) is 10.9 Å². The van der Waals surface area contributed by atoms with E-state index in [2.05, 4.69) is 30.5 Å². The highest BCUT2D eigenvalue weighted by atomic mass is 16.5. The van der Waals surface area contributed by atoms with E-state index in [0.29, 0.717) is 18.7 Å². The summed E-state index contributed by atoms with van der Waals surface area (Å²) in [7, 11) is 0. The van der Waals surface area contributed by atoms with Gasteiger partial charge < -0.3 is 9.30 Å². The molecule has 0 atom stereocenters. The van der Waals surface area contributed by atoms with Gasteiger partial charge >= 0.3 is 0 Å². The van der Waals surface area contributed by atoms with Crippen LogP contribution in [0.2, 0.25) is 0 Å². The number of hydrogen-bond acceptors (Lipinski definition) is 2. The highest BCUT2D eigenvalue weighted by Gasteiger charge is 2.16. The lowest BCUT2D eigenvalue weighted by Gasteiger charge is -2.10. The van der Waals surface area contributed by atoms with Gasteiger partial charge in [0, 0.05) is 28.2 Å². The zero-order valence-corrected chi connectivity index (χ0v) is 16.2. The van der Waals surface area contributed by atoms with E-state index in [4.69, 9.17) is 4.74 Å². The molecule has 3 heteroatoms. The first-order valence-electron chi connectivity index (χ1n) is 9.51. The molecule has 1 heterocycles. The van der Waals surface area contributed by atoms with E-state index in [9.17, 15) is 4.79 Å². The molecule has 0 unspecified atom stereocenters. The van der Waals surface area contributed by atoms with Crippen LogP contribution in [-0.2, 0) is 6.54 Å². The maximum atomic E-state index is 13.0. The Kier molecular flexibility index (Phi) is 4.98. The summed E-state index contributed by atoms with van der Waals surface area (Å²) in [6.07, 6.45) is 1.95. The molecule has 0 aliphatic carbocycles. The van der Waals surface area contributed by atoms with Crippen LogP contribution in [0.15, 0.2) is 79.0 Å². The Balaban J connectivity index is 1.57. The molecule has 0 spiro atoms. The third kappa shape index (κ3) is 3.56. The Morgan fingerprint density at radius 3 is 2.43 bits per heavy atom. The zero-order valence-electron chi connectivity index (χ0n) is 16.2. The molecule has 0 bridgehead atoms. The summed E-state index contributed by atoms with van der Waals surface area (Å²) in [5, 5.41) is 0.975. The SMILES string of the molecule is Cc1ccc(OCCn2cc(C(=O)c3ccccc3)c3ccccc32)cc1C. The standard InChI is InChI=1S/C25H23NO2/c1-18-12-13-21(16-19(18)2)28-15-14-26-17-23(22-10-6-7-11-24(22)26)25(27)20-8-4-3-5-9-20/h3-13,16-17H,14-15H2,1-2H3. The predicted octanol–water partition coefficient (Wildman–Crippen LogP) is 5.57. The van der Waals surface area contributed by atoms with E-state index in [0.717, 1.165) is 22.2 Å². The van der Waals surface area contributed by atoms with Crippen molar-refractivity contribution in [2.24, 2.45) is 0 Å². The Labute approximate surface area is 165 Å². The molecular weight excluding hydrogens is 346 g/mol. The minimum Gasteiger partial charge on any atom is -0.492 e. The molecule has 0 radical (unpaired) electrons. The van der Waals surface area contributed by atoms with Crippen LogP contribution >= 0.6 is 0 Å². The number of hydrogen-bond donors (Lipinski definition) is 0. The summed E-state index contributed by atoms with van der Waals surface area (Å²) in [6.45, 7) is 5.40. The van der Waals surface area contributed by atoms with Crippen molar-refractivity contribution in [1.29, 1.82) is 0 Å². The molecule has 0 amide bonds. The first-order valence-corrected chi connectivity index (χ1v) is 9.51. The van der Waals surface area contributed by atoms with Gasteiger partial charge in [-0.15, -0.1) is 0 Å². The van der Waals surface area contributed by atoms with Crippen LogP contribution < -0.4 is 4.74 Å². The molecule has 0 aliphatic rings. The maximum Gasteiger partial charge on any atom is 0.195 e. The number of para-hydroxylation sites is 1. The summed E-state index contributed by atoms with van der Waals surface area (Å²) < 4.78 is 8.05. The second kappa shape index (κ2) is 7.73. The van der Waals surface area contributed by atoms with Gasteiger partial charge in [-0.2, -0.15) is 0 Å². The summed E-state index contributed by atoms with van der Waals surface area (Å²) in [4.78, 5) is 13.0. The molecule has 1 aromatic heterocycles. The molecule has 140 valence electrons. The maximum absolute atomic E-state index is 13.0. The van der Waals surface area contributed by atoms with Crippen molar-refractivity contribution in [3.05, 3.63) is 101 Å². The van der Waals surface area contributed by atoms with Crippen molar-refractivity contribution in [3.63, 3.8) is 0 Å². The first-order chi connectivity index (χ1) is 13.6. The highest BCUT2D eigenvalue weighted by Crippen LogP contribution is 2.24. The van der Waals surface area contributed by atoms with Crippen molar-refractivity contribution in [2.75, 3.05) is 6.61 Å². The van der Waals surface area contributed by atoms with Crippen LogP contribution in [-0.4, -0.2) is 17.0 Å². The quantitative estimate of drug-likeness (QED) is 0.416. The van der Waals surface area contributed by atoms with Crippen molar-refractivity contribution < 1.29 is 9.53 Å². The number of rotatable bonds is 6. The Hall–Kier alpha value is -3.33. The molecule has 0 N–H and O–H groups in total. The van der Waals surface area contributed by atoms with E-state index in [1.807, 2.05) is 66.9 Å². The number of aromatic nitrogens is 1. The second-order valence-electron chi connectivity index (χ2n) is 7.04. The van der Waals surface area contributed by atoms with Crippen LogP contribution in [0.1, 0.15) is 27.0 Å². The average Bonchev–Trinajstić information content (AvgIpc) is 3.09. The summed E-state index contributed by atoms with van der Waals surface area (Å²) in [5.41, 5.74) is 4.96. The number of ether oxygens (including phenoxy) is 1. The molecule has 3 aromatic carbocycles. The molecule has 0 fully saturated rings. The summed E-state index contributed by atoms with van der Waals surface area (Å²) in [5.74, 6) is 0.922. The van der Waals surface area contributed by atoms with E-state index >= 15 is 0 Å². The summed E-state index contributed by atoms with van der Waals surface area (Å²) >= 11 is 0. The average molecular weight is 369 g/mol. The topological polar surface area (TPSA) is 31.2 Å². The van der Waals surface area contributed by atoms with Gasteiger partial charge in [0.2, 0.25) is 0 Å². The lowest BCUT2D eigenvalue weighted by Crippen LogP contribution is -2.07. The number of aryl methyl sites for hydroxylation is 2. The minimum atomic E-state index is 0.0469. The van der Waals surface area contributed by atoms with Crippen molar-refractivity contribution in [1.82, 2.24) is 4.57 Å². The third-order valence-electron chi connectivity index (χ3n) is 5.15. The fourth-order valence-corrected chi connectivity index (χ4v) is 3.42. The van der Waals surface area contributed by atoms with Gasteiger partial charge in [-0.3, -0.25) is 4.79 Å². The lowest BCUT2D eigenvalue weighted by molar-refractivity contribution is 0.104. The number of ketones is 1. The van der Waals surface area contributed by atoms with Crippen molar-refractivity contribution in [3.8, 4) is 5.75 Å². The zero-order chi connectivity index (χ0) is 19.5.